The summed E-state index contributed by atoms with van der Waals surface area (Å²) in [5.41, 5.74) is 1.01. The second-order valence-electron chi connectivity index (χ2n) is 7.46. The van der Waals surface area contributed by atoms with E-state index < -0.39 is 0 Å². The first kappa shape index (κ1) is 25.1. The Hall–Kier alpha value is -1.94. The molecule has 0 saturated heterocycles. The molecule has 0 aliphatic carbocycles. The number of aromatic nitrogens is 1. The summed E-state index contributed by atoms with van der Waals surface area (Å²) in [5, 5.41) is 6.55. The summed E-state index contributed by atoms with van der Waals surface area (Å²) >= 11 is 0. The molecule has 2 N–H and O–H groups in total. The average molecular weight is 516 g/mol. The van der Waals surface area contributed by atoms with Gasteiger partial charge in [0, 0.05) is 39.5 Å². The first-order valence-corrected chi connectivity index (χ1v) is 9.17. The van der Waals surface area contributed by atoms with E-state index in [0.717, 1.165) is 5.56 Å². The zero-order valence-electron chi connectivity index (χ0n) is 17.5. The molecule has 0 radical (unpaired) electrons. The van der Waals surface area contributed by atoms with E-state index >= 15 is 0 Å². The van der Waals surface area contributed by atoms with Crippen molar-refractivity contribution < 1.29 is 13.9 Å². The van der Waals surface area contributed by atoms with E-state index in [0.29, 0.717) is 30.7 Å². The first-order chi connectivity index (χ1) is 13.3. The summed E-state index contributed by atoms with van der Waals surface area (Å²) in [5.74, 6) is 1.36. The van der Waals surface area contributed by atoms with Crippen molar-refractivity contribution in [2.75, 3.05) is 20.7 Å². The fourth-order valence-electron chi connectivity index (χ4n) is 2.58. The Morgan fingerprint density at radius 1 is 1.17 bits per heavy atom. The zero-order valence-corrected chi connectivity index (χ0v) is 19.9. The van der Waals surface area contributed by atoms with E-state index in [1.165, 1.54) is 12.1 Å². The molecule has 8 heteroatoms. The molecule has 1 heterocycles. The lowest BCUT2D eigenvalue weighted by Gasteiger charge is -2.30. The Labute approximate surface area is 189 Å². The van der Waals surface area contributed by atoms with E-state index in [1.807, 2.05) is 12.1 Å². The number of guanidine groups is 1. The molecule has 160 valence electrons. The first-order valence-electron chi connectivity index (χ1n) is 9.17. The van der Waals surface area contributed by atoms with Gasteiger partial charge in [0.25, 0.3) is 0 Å². The van der Waals surface area contributed by atoms with Gasteiger partial charge in [-0.1, -0.05) is 20.8 Å². The quantitative estimate of drug-likeness (QED) is 0.325. The maximum absolute atomic E-state index is 13.0. The Bertz CT molecular complexity index is 779. The predicted octanol–water partition coefficient (Wildman–Crippen LogP) is 4.36. The molecule has 1 aromatic heterocycles. The van der Waals surface area contributed by atoms with Gasteiger partial charge in [0.1, 0.15) is 11.6 Å². The van der Waals surface area contributed by atoms with Crippen LogP contribution in [0.4, 0.5) is 4.39 Å². The third-order valence-corrected chi connectivity index (χ3v) is 4.22. The highest BCUT2D eigenvalue weighted by molar-refractivity contribution is 14.0. The summed E-state index contributed by atoms with van der Waals surface area (Å²) in [4.78, 5) is 8.44. The van der Waals surface area contributed by atoms with Crippen LogP contribution in [0.5, 0.6) is 11.6 Å². The fourth-order valence-corrected chi connectivity index (χ4v) is 2.58. The van der Waals surface area contributed by atoms with Gasteiger partial charge in [0.05, 0.1) is 6.10 Å². The van der Waals surface area contributed by atoms with Crippen molar-refractivity contribution in [1.82, 2.24) is 15.6 Å². The number of hydrogen-bond acceptors (Lipinski definition) is 4. The van der Waals surface area contributed by atoms with Crippen molar-refractivity contribution in [2.24, 2.45) is 10.4 Å². The number of methoxy groups -OCH3 is 1. The van der Waals surface area contributed by atoms with Crippen LogP contribution in [0.15, 0.2) is 47.6 Å². The summed E-state index contributed by atoms with van der Waals surface area (Å²) in [7, 11) is 3.44. The maximum Gasteiger partial charge on any atom is 0.219 e. The minimum absolute atomic E-state index is 0. The SMILES string of the molecule is CN=C(NCc1ccnc(Oc2ccc(F)cc2)c1)NCC(OC)C(C)(C)C.I. The highest BCUT2D eigenvalue weighted by Gasteiger charge is 2.24. The van der Waals surface area contributed by atoms with Crippen LogP contribution in [0.2, 0.25) is 0 Å². The molecule has 0 amide bonds. The maximum atomic E-state index is 13.0. The Morgan fingerprint density at radius 2 is 1.86 bits per heavy atom. The van der Waals surface area contributed by atoms with Crippen LogP contribution >= 0.6 is 24.0 Å². The van der Waals surface area contributed by atoms with Gasteiger partial charge in [0.2, 0.25) is 5.88 Å². The molecular weight excluding hydrogens is 486 g/mol. The number of benzene rings is 1. The van der Waals surface area contributed by atoms with Crippen molar-refractivity contribution in [3.8, 4) is 11.6 Å². The number of aliphatic imine (C=N–C) groups is 1. The van der Waals surface area contributed by atoms with E-state index in [1.54, 1.807) is 32.5 Å². The smallest absolute Gasteiger partial charge is 0.219 e. The Kier molecular flexibility index (Phi) is 10.3. The summed E-state index contributed by atoms with van der Waals surface area (Å²) in [6, 6.07) is 9.55. The summed E-state index contributed by atoms with van der Waals surface area (Å²) in [6.45, 7) is 7.61. The van der Waals surface area contributed by atoms with E-state index in [4.69, 9.17) is 9.47 Å². The topological polar surface area (TPSA) is 67.8 Å². The van der Waals surface area contributed by atoms with Crippen LogP contribution in [0.25, 0.3) is 0 Å². The van der Waals surface area contributed by atoms with Crippen LogP contribution in [-0.4, -0.2) is 37.7 Å². The van der Waals surface area contributed by atoms with Crippen molar-refractivity contribution in [2.45, 2.75) is 33.4 Å². The molecule has 2 rings (SSSR count). The highest BCUT2D eigenvalue weighted by Crippen LogP contribution is 2.21. The Morgan fingerprint density at radius 3 is 2.45 bits per heavy atom. The van der Waals surface area contributed by atoms with Crippen LogP contribution in [-0.2, 0) is 11.3 Å². The van der Waals surface area contributed by atoms with Crippen molar-refractivity contribution >= 4 is 29.9 Å². The summed E-state index contributed by atoms with van der Waals surface area (Å²) in [6.07, 6.45) is 1.73. The van der Waals surface area contributed by atoms with Crippen molar-refractivity contribution in [3.63, 3.8) is 0 Å². The molecule has 2 aromatic rings. The van der Waals surface area contributed by atoms with Gasteiger partial charge in [-0.05, 0) is 41.3 Å². The number of hydrogen-bond donors (Lipinski definition) is 2. The molecule has 0 aliphatic rings. The lowest BCUT2D eigenvalue weighted by molar-refractivity contribution is 0.0205. The highest BCUT2D eigenvalue weighted by atomic mass is 127. The normalized spacial score (nSPS) is 12.7. The van der Waals surface area contributed by atoms with Crippen LogP contribution < -0.4 is 15.4 Å². The van der Waals surface area contributed by atoms with E-state index in [2.05, 4.69) is 41.4 Å². The Balaban J connectivity index is 0.00000420. The minimum atomic E-state index is -0.306. The molecular formula is C21H30FIN4O2. The molecule has 1 aromatic carbocycles. The van der Waals surface area contributed by atoms with Gasteiger partial charge < -0.3 is 20.1 Å². The van der Waals surface area contributed by atoms with Gasteiger partial charge in [0.15, 0.2) is 5.96 Å². The third kappa shape index (κ3) is 8.53. The summed E-state index contributed by atoms with van der Waals surface area (Å²) < 4.78 is 24.2. The number of nitrogens with one attached hydrogen (secondary N) is 2. The average Bonchev–Trinajstić information content (AvgIpc) is 2.66. The standard InChI is InChI=1S/C21H29FN4O2.HI/c1-21(2,3)18(27-5)14-26-20(23-4)25-13-15-10-11-24-19(12-15)28-17-8-6-16(22)7-9-17;/h6-12,18H,13-14H2,1-5H3,(H2,23,25,26);1H. The number of halogens is 2. The molecule has 6 nitrogen and oxygen atoms in total. The van der Waals surface area contributed by atoms with Crippen LogP contribution in [0.1, 0.15) is 26.3 Å². The molecule has 0 bridgehead atoms. The molecule has 0 aliphatic heterocycles. The second-order valence-corrected chi connectivity index (χ2v) is 7.46. The second kappa shape index (κ2) is 11.9. The third-order valence-electron chi connectivity index (χ3n) is 4.22. The van der Waals surface area contributed by atoms with Gasteiger partial charge >= 0.3 is 0 Å². The zero-order chi connectivity index (χ0) is 20.6. The fraction of sp³-hybridized carbons (Fsp3) is 0.429. The minimum Gasteiger partial charge on any atom is -0.439 e. The van der Waals surface area contributed by atoms with E-state index in [-0.39, 0.29) is 41.3 Å². The van der Waals surface area contributed by atoms with Gasteiger partial charge in [-0.25, -0.2) is 9.37 Å². The molecule has 0 spiro atoms. The number of pyridine rings is 1. The van der Waals surface area contributed by atoms with E-state index in [9.17, 15) is 4.39 Å². The molecule has 0 fully saturated rings. The van der Waals surface area contributed by atoms with Gasteiger partial charge in [-0.15, -0.1) is 24.0 Å². The predicted molar refractivity (Wildman–Crippen MR) is 125 cm³/mol. The lowest BCUT2D eigenvalue weighted by atomic mass is 9.89. The molecule has 1 unspecified atom stereocenters. The van der Waals surface area contributed by atoms with Crippen LogP contribution in [0.3, 0.4) is 0 Å². The van der Waals surface area contributed by atoms with Gasteiger partial charge in [-0.2, -0.15) is 0 Å². The molecule has 1 atom stereocenters. The largest absolute Gasteiger partial charge is 0.439 e. The van der Waals surface area contributed by atoms with Gasteiger partial charge in [-0.3, -0.25) is 4.99 Å². The number of rotatable bonds is 7. The lowest BCUT2D eigenvalue weighted by Crippen LogP contribution is -2.45. The molecule has 29 heavy (non-hydrogen) atoms. The monoisotopic (exact) mass is 516 g/mol. The number of ether oxygens (including phenoxy) is 2. The van der Waals surface area contributed by atoms with Crippen molar-refractivity contribution in [3.05, 3.63) is 54.0 Å². The van der Waals surface area contributed by atoms with Crippen LogP contribution in [0, 0.1) is 11.2 Å². The molecule has 0 saturated carbocycles. The van der Waals surface area contributed by atoms with Crippen molar-refractivity contribution in [1.29, 1.82) is 0 Å². The number of nitrogens with zero attached hydrogens (tertiary/aromatic N) is 2.